The molecule has 1 aliphatic heterocycles. The zero-order valence-corrected chi connectivity index (χ0v) is 23.7. The zero-order chi connectivity index (χ0) is 29.4. The number of nitrogens with zero attached hydrogens (tertiary/aromatic N) is 3. The summed E-state index contributed by atoms with van der Waals surface area (Å²) in [6.07, 6.45) is 2.62. The number of carbonyl (C=O) groups excluding carboxylic acids is 3. The van der Waals surface area contributed by atoms with Crippen LogP contribution in [0.4, 0.5) is 10.5 Å². The molecule has 2 N–H and O–H groups in total. The fourth-order valence-corrected chi connectivity index (χ4v) is 4.54. The second-order valence-corrected chi connectivity index (χ2v) is 9.48. The van der Waals surface area contributed by atoms with Gasteiger partial charge >= 0.3 is 6.03 Å². The van der Waals surface area contributed by atoms with Crippen LogP contribution in [-0.4, -0.2) is 60.4 Å². The Morgan fingerprint density at radius 2 is 1.44 bits per heavy atom. The van der Waals surface area contributed by atoms with E-state index in [9.17, 15) is 14.4 Å². The van der Waals surface area contributed by atoms with Gasteiger partial charge in [0.05, 0.1) is 12.3 Å². The predicted octanol–water partition coefficient (Wildman–Crippen LogP) is 5.52. The molecule has 0 atom stereocenters. The lowest BCUT2D eigenvalue weighted by atomic mass is 10.1. The number of rotatable bonds is 13. The van der Waals surface area contributed by atoms with Crippen molar-refractivity contribution in [3.8, 4) is 17.2 Å². The minimum Gasteiger partial charge on any atom is -0.494 e. The summed E-state index contributed by atoms with van der Waals surface area (Å²) in [5.41, 5.74) is 7.20. The van der Waals surface area contributed by atoms with E-state index >= 15 is 0 Å². The fraction of sp³-hybridized carbons (Fsp3) is 0.281. The summed E-state index contributed by atoms with van der Waals surface area (Å²) in [5.74, 6) is 0.941. The smallest absolute Gasteiger partial charge is 0.336 e. The van der Waals surface area contributed by atoms with Crippen LogP contribution >= 0.6 is 0 Å². The van der Waals surface area contributed by atoms with Gasteiger partial charge in [-0.1, -0.05) is 26.0 Å². The predicted molar refractivity (Wildman–Crippen MR) is 159 cm³/mol. The molecule has 0 aliphatic carbocycles. The molecule has 3 aromatic rings. The van der Waals surface area contributed by atoms with Crippen LogP contribution in [0.25, 0.3) is 6.08 Å². The lowest BCUT2D eigenvalue weighted by Crippen LogP contribution is -2.32. The molecular formula is C32H36N4O5. The summed E-state index contributed by atoms with van der Waals surface area (Å²) in [4.78, 5) is 42.8. The molecule has 1 heterocycles. The van der Waals surface area contributed by atoms with Gasteiger partial charge in [0, 0.05) is 18.7 Å². The molecule has 0 aromatic heterocycles. The normalized spacial score (nSPS) is 14.3. The summed E-state index contributed by atoms with van der Waals surface area (Å²) in [6, 6.07) is 20.3. The average molecular weight is 557 g/mol. The number of hydrogen-bond acceptors (Lipinski definition) is 6. The average Bonchev–Trinajstić information content (AvgIpc) is 3.22. The first-order valence-corrected chi connectivity index (χ1v) is 13.8. The Kier molecular flexibility index (Phi) is 9.76. The van der Waals surface area contributed by atoms with E-state index in [1.807, 2.05) is 6.92 Å². The maximum atomic E-state index is 13.4. The Balaban J connectivity index is 1.42. The largest absolute Gasteiger partial charge is 0.494 e. The molecule has 4 amide bonds. The van der Waals surface area contributed by atoms with E-state index in [2.05, 4.69) is 18.7 Å². The monoisotopic (exact) mass is 556 g/mol. The Labute approximate surface area is 240 Å². The zero-order valence-electron chi connectivity index (χ0n) is 23.7. The highest BCUT2D eigenvalue weighted by Crippen LogP contribution is 2.30. The minimum atomic E-state index is -0.503. The van der Waals surface area contributed by atoms with E-state index in [-0.39, 0.29) is 5.91 Å². The van der Waals surface area contributed by atoms with E-state index in [4.69, 9.17) is 15.2 Å². The third-order valence-electron chi connectivity index (χ3n) is 6.89. The summed E-state index contributed by atoms with van der Waals surface area (Å²) in [7, 11) is 0. The van der Waals surface area contributed by atoms with Crippen LogP contribution in [0.5, 0.6) is 17.2 Å². The third-order valence-corrected chi connectivity index (χ3v) is 6.89. The van der Waals surface area contributed by atoms with E-state index in [1.54, 1.807) is 78.9 Å². The molecule has 0 saturated carbocycles. The summed E-state index contributed by atoms with van der Waals surface area (Å²) >= 11 is 0. The number of carbonyl (C=O) groups is 3. The molecule has 214 valence electrons. The van der Waals surface area contributed by atoms with Gasteiger partial charge in [-0.05, 0) is 98.7 Å². The molecule has 0 bridgehead atoms. The number of imide groups is 1. The molecule has 0 spiro atoms. The highest BCUT2D eigenvalue weighted by Gasteiger charge is 2.41. The van der Waals surface area contributed by atoms with Gasteiger partial charge in [-0.2, -0.15) is 0 Å². The number of primary amides is 1. The molecule has 1 saturated heterocycles. The first-order chi connectivity index (χ1) is 19.8. The van der Waals surface area contributed by atoms with Gasteiger partial charge in [-0.25, -0.2) is 9.69 Å². The number of likely N-dealkylation sites (N-methyl/N-ethyl adjacent to an activating group) is 1. The number of amides is 4. The van der Waals surface area contributed by atoms with Gasteiger partial charge in [-0.3, -0.25) is 14.5 Å². The summed E-state index contributed by atoms with van der Waals surface area (Å²) in [6.45, 7) is 10.1. The molecule has 0 unspecified atom stereocenters. The van der Waals surface area contributed by atoms with Gasteiger partial charge < -0.3 is 20.1 Å². The van der Waals surface area contributed by atoms with Crippen LogP contribution in [0, 0.1) is 0 Å². The number of urea groups is 1. The van der Waals surface area contributed by atoms with Crippen molar-refractivity contribution in [2.24, 2.45) is 5.73 Å². The number of hydrogen-bond donors (Lipinski definition) is 1. The van der Waals surface area contributed by atoms with Crippen molar-refractivity contribution in [1.82, 2.24) is 9.80 Å². The Bertz CT molecular complexity index is 1380. The molecule has 0 radical (unpaired) electrons. The van der Waals surface area contributed by atoms with Crippen LogP contribution in [0.3, 0.4) is 0 Å². The topological polar surface area (TPSA) is 105 Å². The van der Waals surface area contributed by atoms with Crippen molar-refractivity contribution < 1.29 is 23.9 Å². The lowest BCUT2D eigenvalue weighted by molar-refractivity contribution is -0.114. The van der Waals surface area contributed by atoms with Crippen molar-refractivity contribution in [3.63, 3.8) is 0 Å². The van der Waals surface area contributed by atoms with Gasteiger partial charge in [0.1, 0.15) is 22.9 Å². The van der Waals surface area contributed by atoms with Gasteiger partial charge in [0.25, 0.3) is 5.91 Å². The highest BCUT2D eigenvalue weighted by atomic mass is 16.5. The SMILES string of the molecule is CCN(CC)CCCOc1ccc(N2C(=O)C(=Cc3ccc(Oc4ccc(C(N)=O)cc4)cc3)N(CC)C2=O)cc1. The van der Waals surface area contributed by atoms with Crippen LogP contribution in [0.2, 0.25) is 0 Å². The molecule has 4 rings (SSSR count). The molecule has 9 heteroatoms. The lowest BCUT2D eigenvalue weighted by Gasteiger charge is -2.18. The second kappa shape index (κ2) is 13.6. The number of benzene rings is 3. The summed E-state index contributed by atoms with van der Waals surface area (Å²) in [5, 5.41) is 0. The van der Waals surface area contributed by atoms with Gasteiger partial charge in [0.2, 0.25) is 5.91 Å². The van der Waals surface area contributed by atoms with Gasteiger partial charge in [-0.15, -0.1) is 0 Å². The van der Waals surface area contributed by atoms with Crippen molar-refractivity contribution in [2.75, 3.05) is 37.7 Å². The Morgan fingerprint density at radius 3 is 2.00 bits per heavy atom. The molecule has 1 fully saturated rings. The van der Waals surface area contributed by atoms with Crippen LogP contribution in [0.15, 0.2) is 78.5 Å². The molecular weight excluding hydrogens is 520 g/mol. The molecule has 1 aliphatic rings. The standard InChI is InChI=1S/C32H36N4O5/c1-4-34(5-2)20-7-21-40-26-18-12-25(13-19-26)36-31(38)29(35(6-3)32(36)39)22-23-8-14-27(15-9-23)41-28-16-10-24(11-17-28)30(33)37/h8-19,22H,4-7,20-21H2,1-3H3,(H2,33,37). The van der Waals surface area contributed by atoms with E-state index in [0.29, 0.717) is 47.3 Å². The third kappa shape index (κ3) is 7.12. The Hall–Kier alpha value is -4.63. The van der Waals surface area contributed by atoms with E-state index < -0.39 is 11.9 Å². The maximum absolute atomic E-state index is 13.4. The van der Waals surface area contributed by atoms with Crippen LogP contribution < -0.4 is 20.1 Å². The number of nitrogens with two attached hydrogens (primary N) is 1. The molecule has 9 nitrogen and oxygen atoms in total. The van der Waals surface area contributed by atoms with Crippen LogP contribution in [-0.2, 0) is 4.79 Å². The summed E-state index contributed by atoms with van der Waals surface area (Å²) < 4.78 is 11.7. The van der Waals surface area contributed by atoms with Crippen molar-refractivity contribution in [1.29, 1.82) is 0 Å². The van der Waals surface area contributed by atoms with Crippen molar-refractivity contribution >= 4 is 29.6 Å². The molecule has 3 aromatic carbocycles. The van der Waals surface area contributed by atoms with E-state index in [1.165, 1.54) is 9.80 Å². The highest BCUT2D eigenvalue weighted by molar-refractivity contribution is 6.28. The number of ether oxygens (including phenoxy) is 2. The maximum Gasteiger partial charge on any atom is 0.336 e. The fourth-order valence-electron chi connectivity index (χ4n) is 4.54. The van der Waals surface area contributed by atoms with Crippen molar-refractivity contribution in [3.05, 3.63) is 89.6 Å². The Morgan fingerprint density at radius 1 is 0.854 bits per heavy atom. The quantitative estimate of drug-likeness (QED) is 0.169. The van der Waals surface area contributed by atoms with Crippen molar-refractivity contribution in [2.45, 2.75) is 27.2 Å². The number of anilines is 1. The first kappa shape index (κ1) is 29.4. The second-order valence-electron chi connectivity index (χ2n) is 9.48. The molecule has 41 heavy (non-hydrogen) atoms. The van der Waals surface area contributed by atoms with Crippen LogP contribution in [0.1, 0.15) is 43.1 Å². The van der Waals surface area contributed by atoms with Gasteiger partial charge in [0.15, 0.2) is 0 Å². The van der Waals surface area contributed by atoms with E-state index in [0.717, 1.165) is 31.6 Å². The first-order valence-electron chi connectivity index (χ1n) is 13.8. The minimum absolute atomic E-state index is 0.296.